The monoisotopic (exact) mass is 762 g/mol. The molecule has 0 spiro atoms. The highest BCUT2D eigenvalue weighted by Gasteiger charge is 2.22. The van der Waals surface area contributed by atoms with Gasteiger partial charge < -0.3 is 9.80 Å². The highest BCUT2D eigenvalue weighted by molar-refractivity contribution is 6.28. The van der Waals surface area contributed by atoms with Gasteiger partial charge in [0.1, 0.15) is 0 Å². The predicted molar refractivity (Wildman–Crippen MR) is 258 cm³/mol. The van der Waals surface area contributed by atoms with Gasteiger partial charge in [-0.05, 0) is 168 Å². The molecule has 0 atom stereocenters. The molecule has 0 bridgehead atoms. The fraction of sp³-hybridized carbons (Fsp3) is 0. The van der Waals surface area contributed by atoms with Crippen LogP contribution >= 0.6 is 0 Å². The average Bonchev–Trinajstić information content (AvgIpc) is 3.31. The first-order valence-corrected chi connectivity index (χ1v) is 20.7. The van der Waals surface area contributed by atoms with Gasteiger partial charge in [-0.15, -0.1) is 0 Å². The van der Waals surface area contributed by atoms with Crippen molar-refractivity contribution in [3.8, 4) is 0 Å². The lowest BCUT2D eigenvalue weighted by Gasteiger charge is -2.29. The Bertz CT molecular complexity index is 3500. The van der Waals surface area contributed by atoms with Crippen molar-refractivity contribution < 1.29 is 0 Å². The lowest BCUT2D eigenvalue weighted by molar-refractivity contribution is 1.29. The summed E-state index contributed by atoms with van der Waals surface area (Å²) >= 11 is 0. The Hall–Kier alpha value is -7.94. The first-order chi connectivity index (χ1) is 29.7. The first kappa shape index (κ1) is 34.1. The minimum absolute atomic E-state index is 1.12. The molecule has 0 radical (unpaired) electrons. The molecule has 0 aliphatic carbocycles. The van der Waals surface area contributed by atoms with Gasteiger partial charge in [0.15, 0.2) is 0 Å². The second-order valence-electron chi connectivity index (χ2n) is 15.8. The number of hydrogen-bond donors (Lipinski definition) is 0. The van der Waals surface area contributed by atoms with Crippen molar-refractivity contribution in [2.45, 2.75) is 0 Å². The van der Waals surface area contributed by atoms with Crippen LogP contribution in [-0.4, -0.2) is 0 Å². The Morgan fingerprint density at radius 2 is 0.617 bits per heavy atom. The molecule has 0 aromatic heterocycles. The molecule has 0 saturated carbocycles. The highest BCUT2D eigenvalue weighted by Crippen LogP contribution is 2.48. The minimum atomic E-state index is 1.12. The van der Waals surface area contributed by atoms with Gasteiger partial charge >= 0.3 is 0 Å². The van der Waals surface area contributed by atoms with Gasteiger partial charge in [-0.1, -0.05) is 127 Å². The van der Waals surface area contributed by atoms with Gasteiger partial charge in [-0.25, -0.2) is 0 Å². The van der Waals surface area contributed by atoms with E-state index in [0.717, 1.165) is 28.4 Å². The summed E-state index contributed by atoms with van der Waals surface area (Å²) in [6.07, 6.45) is 0. The van der Waals surface area contributed by atoms with Crippen LogP contribution in [-0.2, 0) is 0 Å². The van der Waals surface area contributed by atoms with Crippen LogP contribution in [0.5, 0.6) is 0 Å². The van der Waals surface area contributed by atoms with Gasteiger partial charge in [0.2, 0.25) is 0 Å². The Morgan fingerprint density at radius 3 is 1.27 bits per heavy atom. The Kier molecular flexibility index (Phi) is 7.89. The zero-order valence-corrected chi connectivity index (χ0v) is 32.8. The van der Waals surface area contributed by atoms with E-state index in [9.17, 15) is 0 Å². The fourth-order valence-electron chi connectivity index (χ4n) is 9.45. The second-order valence-corrected chi connectivity index (χ2v) is 15.8. The van der Waals surface area contributed by atoms with Crippen LogP contribution in [0.3, 0.4) is 0 Å². The van der Waals surface area contributed by atoms with Gasteiger partial charge in [-0.3, -0.25) is 0 Å². The zero-order chi connectivity index (χ0) is 39.6. The molecular formula is C58H38N2. The van der Waals surface area contributed by atoms with Crippen molar-refractivity contribution in [3.63, 3.8) is 0 Å². The van der Waals surface area contributed by atoms with E-state index in [0.29, 0.717) is 0 Å². The number of rotatable bonds is 6. The molecule has 60 heavy (non-hydrogen) atoms. The maximum absolute atomic E-state index is 2.46. The molecule has 0 amide bonds. The second kappa shape index (κ2) is 13.9. The van der Waals surface area contributed by atoms with E-state index in [-0.39, 0.29) is 0 Å². The SMILES string of the molecule is c1ccc(N(c2ccccc2)c2ccc3cc4cc5ccc6c(ccc7cc8cc9ccccc9cc8c(N(c8ccccc8)c8ccccc8)c76)c5cc4cc3c2)cc1. The Labute approximate surface area is 348 Å². The number of anilines is 6. The van der Waals surface area contributed by atoms with E-state index in [4.69, 9.17) is 0 Å². The summed E-state index contributed by atoms with van der Waals surface area (Å²) in [7, 11) is 0. The topological polar surface area (TPSA) is 6.48 Å². The molecule has 0 saturated heterocycles. The molecule has 0 N–H and O–H groups in total. The van der Waals surface area contributed by atoms with Crippen molar-refractivity contribution in [1.29, 1.82) is 0 Å². The molecule has 280 valence electrons. The van der Waals surface area contributed by atoms with Crippen LogP contribution in [0.2, 0.25) is 0 Å². The van der Waals surface area contributed by atoms with Gasteiger partial charge in [0, 0.05) is 39.2 Å². The molecule has 12 aromatic carbocycles. The largest absolute Gasteiger partial charge is 0.310 e. The van der Waals surface area contributed by atoms with Crippen molar-refractivity contribution in [2.24, 2.45) is 0 Å². The molecule has 0 heterocycles. The standard InChI is InChI=1S/C58H38N2/c1-5-17-48(18-6-1)59(49-19-7-2-8-20-49)52-28-25-41-31-44-33-42-26-30-54-53(55(42)38-46(44)35-45(41)36-52)29-27-43-34-47-32-39-15-13-14-16-40(39)37-56(47)58(57(43)54)60(50-21-9-3-10-22-50)51-23-11-4-12-24-51/h1-38H. The van der Waals surface area contributed by atoms with Crippen molar-refractivity contribution in [1.82, 2.24) is 0 Å². The molecule has 0 aliphatic rings. The summed E-state index contributed by atoms with van der Waals surface area (Å²) in [6, 6.07) is 84.4. The van der Waals surface area contributed by atoms with E-state index < -0.39 is 0 Å². The van der Waals surface area contributed by atoms with Crippen LogP contribution in [0.4, 0.5) is 34.1 Å². The van der Waals surface area contributed by atoms with Crippen LogP contribution in [0.15, 0.2) is 231 Å². The third kappa shape index (κ3) is 5.65. The van der Waals surface area contributed by atoms with Crippen molar-refractivity contribution in [2.75, 3.05) is 9.80 Å². The van der Waals surface area contributed by atoms with Crippen molar-refractivity contribution in [3.05, 3.63) is 231 Å². The van der Waals surface area contributed by atoms with E-state index in [2.05, 4.69) is 240 Å². The maximum atomic E-state index is 2.46. The third-order valence-corrected chi connectivity index (χ3v) is 12.2. The smallest absolute Gasteiger partial charge is 0.0624 e. The lowest BCUT2D eigenvalue weighted by Crippen LogP contribution is -2.11. The van der Waals surface area contributed by atoms with E-state index in [1.807, 2.05) is 0 Å². The minimum Gasteiger partial charge on any atom is -0.310 e. The molecule has 0 unspecified atom stereocenters. The van der Waals surface area contributed by atoms with Gasteiger partial charge in [0.25, 0.3) is 0 Å². The Balaban J connectivity index is 1.11. The van der Waals surface area contributed by atoms with E-state index in [1.165, 1.54) is 81.1 Å². The van der Waals surface area contributed by atoms with Gasteiger partial charge in [-0.2, -0.15) is 0 Å². The first-order valence-electron chi connectivity index (χ1n) is 20.7. The fourth-order valence-corrected chi connectivity index (χ4v) is 9.45. The summed E-state index contributed by atoms with van der Waals surface area (Å²) in [5.41, 5.74) is 6.83. The molecule has 2 nitrogen and oxygen atoms in total. The van der Waals surface area contributed by atoms with Gasteiger partial charge in [0.05, 0.1) is 5.69 Å². The lowest BCUT2D eigenvalue weighted by atomic mass is 9.90. The van der Waals surface area contributed by atoms with Crippen LogP contribution < -0.4 is 9.80 Å². The molecular weight excluding hydrogens is 725 g/mol. The molecule has 0 fully saturated rings. The Morgan fingerprint density at radius 1 is 0.200 bits per heavy atom. The normalized spacial score (nSPS) is 11.7. The third-order valence-electron chi connectivity index (χ3n) is 12.2. The molecule has 12 rings (SSSR count). The number of benzene rings is 12. The molecule has 12 aromatic rings. The molecule has 2 heteroatoms. The average molecular weight is 763 g/mol. The molecule has 0 aliphatic heterocycles. The predicted octanol–water partition coefficient (Wildman–Crippen LogP) is 16.7. The van der Waals surface area contributed by atoms with Crippen LogP contribution in [0.25, 0.3) is 75.4 Å². The number of para-hydroxylation sites is 4. The van der Waals surface area contributed by atoms with Crippen molar-refractivity contribution >= 4 is 110 Å². The number of fused-ring (bicyclic) bond motifs is 9. The number of nitrogens with zero attached hydrogens (tertiary/aromatic N) is 2. The quantitative estimate of drug-likeness (QED) is 0.123. The van der Waals surface area contributed by atoms with E-state index >= 15 is 0 Å². The van der Waals surface area contributed by atoms with Crippen LogP contribution in [0, 0.1) is 0 Å². The summed E-state index contributed by atoms with van der Waals surface area (Å²) in [5, 5.41) is 17.3. The number of hydrogen-bond acceptors (Lipinski definition) is 2. The van der Waals surface area contributed by atoms with Crippen LogP contribution in [0.1, 0.15) is 0 Å². The summed E-state index contributed by atoms with van der Waals surface area (Å²) < 4.78 is 0. The highest BCUT2D eigenvalue weighted by atomic mass is 15.1. The van der Waals surface area contributed by atoms with E-state index in [1.54, 1.807) is 0 Å². The zero-order valence-electron chi connectivity index (χ0n) is 32.8. The summed E-state index contributed by atoms with van der Waals surface area (Å²) in [6.45, 7) is 0. The summed E-state index contributed by atoms with van der Waals surface area (Å²) in [4.78, 5) is 4.79. The summed E-state index contributed by atoms with van der Waals surface area (Å²) in [5.74, 6) is 0. The maximum Gasteiger partial charge on any atom is 0.0624 e.